The number of aryl methyl sites for hydroxylation is 1. The molecule has 0 bridgehead atoms. The average molecular weight is 525 g/mol. The fraction of sp³-hybridized carbons (Fsp3) is 0.154. The predicted molar refractivity (Wildman–Crippen MR) is 139 cm³/mol. The highest BCUT2D eigenvalue weighted by Crippen LogP contribution is 2.29. The van der Waals surface area contributed by atoms with E-state index in [1.165, 1.54) is 18.2 Å². The van der Waals surface area contributed by atoms with Gasteiger partial charge in [-0.05, 0) is 55.3 Å². The largest absolute Gasteiger partial charge is 0.487 e. The zero-order chi connectivity index (χ0) is 25.8. The van der Waals surface area contributed by atoms with Gasteiger partial charge in [0.05, 0.1) is 33.6 Å². The SMILES string of the molecule is Cc1nn(Cc2cccc(Cl)c2)c(C)c1NC(=O)c1ccc(COc2ccc([N+](=O)[O-])cc2Cl)cc1. The lowest BCUT2D eigenvalue weighted by Gasteiger charge is -2.10. The van der Waals surface area contributed by atoms with Crippen molar-refractivity contribution < 1.29 is 14.5 Å². The maximum atomic E-state index is 12.9. The molecule has 184 valence electrons. The number of non-ortho nitro benzene ring substituents is 1. The number of aromatic nitrogens is 2. The number of nitro benzene ring substituents is 1. The van der Waals surface area contributed by atoms with E-state index in [0.29, 0.717) is 34.3 Å². The molecule has 0 saturated heterocycles. The number of ether oxygens (including phenoxy) is 1. The van der Waals surface area contributed by atoms with Gasteiger partial charge in [0, 0.05) is 22.7 Å². The maximum Gasteiger partial charge on any atom is 0.271 e. The van der Waals surface area contributed by atoms with Crippen LogP contribution in [0.4, 0.5) is 11.4 Å². The lowest BCUT2D eigenvalue weighted by Crippen LogP contribution is -2.13. The first kappa shape index (κ1) is 25.2. The van der Waals surface area contributed by atoms with Crippen molar-refractivity contribution in [3.63, 3.8) is 0 Å². The summed E-state index contributed by atoms with van der Waals surface area (Å²) in [4.78, 5) is 23.2. The molecule has 0 radical (unpaired) electrons. The van der Waals surface area contributed by atoms with Crippen LogP contribution in [0.1, 0.15) is 32.9 Å². The van der Waals surface area contributed by atoms with Crippen LogP contribution in [-0.2, 0) is 13.2 Å². The number of halogens is 2. The van der Waals surface area contributed by atoms with Crippen LogP contribution in [0.15, 0.2) is 66.7 Å². The Morgan fingerprint density at radius 1 is 1.06 bits per heavy atom. The monoisotopic (exact) mass is 524 g/mol. The second kappa shape index (κ2) is 10.8. The summed E-state index contributed by atoms with van der Waals surface area (Å²) in [6.45, 7) is 4.48. The maximum absolute atomic E-state index is 12.9. The number of nitrogens with one attached hydrogen (secondary N) is 1. The van der Waals surface area contributed by atoms with Crippen LogP contribution in [0.25, 0.3) is 0 Å². The Morgan fingerprint density at radius 3 is 2.47 bits per heavy atom. The van der Waals surface area contributed by atoms with Crippen LogP contribution in [0.3, 0.4) is 0 Å². The summed E-state index contributed by atoms with van der Waals surface area (Å²) in [5, 5.41) is 19.2. The van der Waals surface area contributed by atoms with Gasteiger partial charge in [-0.3, -0.25) is 19.6 Å². The molecule has 1 heterocycles. The Kier molecular flexibility index (Phi) is 7.57. The Morgan fingerprint density at radius 2 is 1.81 bits per heavy atom. The van der Waals surface area contributed by atoms with Crippen LogP contribution >= 0.6 is 23.2 Å². The predicted octanol–water partition coefficient (Wildman–Crippen LogP) is 6.59. The fourth-order valence-corrected chi connectivity index (χ4v) is 4.10. The van der Waals surface area contributed by atoms with E-state index >= 15 is 0 Å². The van der Waals surface area contributed by atoms with Crippen LogP contribution < -0.4 is 10.1 Å². The van der Waals surface area contributed by atoms with Gasteiger partial charge in [0.1, 0.15) is 12.4 Å². The fourth-order valence-electron chi connectivity index (χ4n) is 3.66. The highest BCUT2D eigenvalue weighted by atomic mass is 35.5. The van der Waals surface area contributed by atoms with Crippen molar-refractivity contribution in [3.05, 3.63) is 115 Å². The minimum absolute atomic E-state index is 0.108. The Hall–Kier alpha value is -3.88. The highest BCUT2D eigenvalue weighted by molar-refractivity contribution is 6.32. The number of nitrogens with zero attached hydrogens (tertiary/aromatic N) is 3. The normalized spacial score (nSPS) is 10.8. The van der Waals surface area contributed by atoms with Crippen molar-refractivity contribution in [2.45, 2.75) is 27.0 Å². The molecule has 0 aliphatic heterocycles. The molecule has 10 heteroatoms. The van der Waals surface area contributed by atoms with Crippen LogP contribution in [0, 0.1) is 24.0 Å². The van der Waals surface area contributed by atoms with Gasteiger partial charge in [0.15, 0.2) is 0 Å². The minimum Gasteiger partial charge on any atom is -0.487 e. The van der Waals surface area contributed by atoms with Crippen LogP contribution in [0.2, 0.25) is 10.0 Å². The number of nitro groups is 1. The molecular formula is C26H22Cl2N4O4. The third-order valence-electron chi connectivity index (χ3n) is 5.58. The number of amides is 1. The van der Waals surface area contributed by atoms with Gasteiger partial charge in [-0.1, -0.05) is 47.5 Å². The van der Waals surface area contributed by atoms with E-state index in [9.17, 15) is 14.9 Å². The molecule has 4 rings (SSSR count). The molecule has 0 aliphatic carbocycles. The molecular weight excluding hydrogens is 503 g/mol. The molecule has 1 N–H and O–H groups in total. The van der Waals surface area contributed by atoms with E-state index < -0.39 is 4.92 Å². The van der Waals surface area contributed by atoms with Crippen molar-refractivity contribution in [3.8, 4) is 5.75 Å². The van der Waals surface area contributed by atoms with E-state index in [4.69, 9.17) is 27.9 Å². The molecule has 36 heavy (non-hydrogen) atoms. The molecule has 0 aliphatic rings. The lowest BCUT2D eigenvalue weighted by molar-refractivity contribution is -0.384. The van der Waals surface area contributed by atoms with E-state index in [1.807, 2.05) is 42.8 Å². The number of hydrogen-bond donors (Lipinski definition) is 1. The molecule has 0 spiro atoms. The van der Waals surface area contributed by atoms with Gasteiger partial charge >= 0.3 is 0 Å². The van der Waals surface area contributed by atoms with E-state index in [2.05, 4.69) is 10.4 Å². The molecule has 0 saturated carbocycles. The summed E-state index contributed by atoms with van der Waals surface area (Å²) in [7, 11) is 0. The molecule has 8 nitrogen and oxygen atoms in total. The highest BCUT2D eigenvalue weighted by Gasteiger charge is 2.16. The second-order valence-corrected chi connectivity index (χ2v) is 8.99. The minimum atomic E-state index is -0.521. The summed E-state index contributed by atoms with van der Waals surface area (Å²) < 4.78 is 7.50. The zero-order valence-electron chi connectivity index (χ0n) is 19.5. The van der Waals surface area contributed by atoms with Crippen molar-refractivity contribution in [2.24, 2.45) is 0 Å². The molecule has 1 aromatic heterocycles. The van der Waals surface area contributed by atoms with Gasteiger partial charge < -0.3 is 10.1 Å². The summed E-state index contributed by atoms with van der Waals surface area (Å²) in [6.07, 6.45) is 0. The first-order valence-electron chi connectivity index (χ1n) is 11.0. The van der Waals surface area contributed by atoms with Crippen LogP contribution in [0.5, 0.6) is 5.75 Å². The van der Waals surface area contributed by atoms with Gasteiger partial charge in [-0.15, -0.1) is 0 Å². The van der Waals surface area contributed by atoms with Crippen LogP contribution in [-0.4, -0.2) is 20.6 Å². The number of rotatable bonds is 8. The van der Waals surface area contributed by atoms with Crippen molar-refractivity contribution in [2.75, 3.05) is 5.32 Å². The van der Waals surface area contributed by atoms with E-state index in [0.717, 1.165) is 16.8 Å². The third kappa shape index (κ3) is 5.84. The summed E-state index contributed by atoms with van der Waals surface area (Å²) in [5.74, 6) is 0.0826. The number of carbonyl (C=O) groups excluding carboxylic acids is 1. The van der Waals surface area contributed by atoms with Gasteiger partial charge in [-0.25, -0.2) is 0 Å². The van der Waals surface area contributed by atoms with E-state index in [1.54, 1.807) is 24.3 Å². The number of benzene rings is 3. The Labute approximate surface area is 217 Å². The number of anilines is 1. The van der Waals surface area contributed by atoms with Crippen molar-refractivity contribution in [1.29, 1.82) is 0 Å². The zero-order valence-corrected chi connectivity index (χ0v) is 21.0. The van der Waals surface area contributed by atoms with Crippen molar-refractivity contribution in [1.82, 2.24) is 9.78 Å². The topological polar surface area (TPSA) is 99.3 Å². The summed E-state index contributed by atoms with van der Waals surface area (Å²) in [5.41, 5.74) is 4.42. The molecule has 4 aromatic rings. The van der Waals surface area contributed by atoms with Crippen molar-refractivity contribution >= 4 is 40.5 Å². The molecule has 0 unspecified atom stereocenters. The first-order valence-corrected chi connectivity index (χ1v) is 11.7. The smallest absolute Gasteiger partial charge is 0.271 e. The molecule has 0 atom stereocenters. The molecule has 3 aromatic carbocycles. The third-order valence-corrected chi connectivity index (χ3v) is 6.11. The van der Waals surface area contributed by atoms with Gasteiger partial charge in [0.2, 0.25) is 0 Å². The Bertz CT molecular complexity index is 1430. The van der Waals surface area contributed by atoms with Gasteiger partial charge in [0.25, 0.3) is 11.6 Å². The summed E-state index contributed by atoms with van der Waals surface area (Å²) in [6, 6.07) is 18.5. The quantitative estimate of drug-likeness (QED) is 0.207. The first-order chi connectivity index (χ1) is 17.2. The lowest BCUT2D eigenvalue weighted by atomic mass is 10.1. The standard InChI is InChI=1S/C26H22Cl2N4O4/c1-16-25(17(2)31(30-16)14-19-4-3-5-21(27)12-19)29-26(33)20-8-6-18(7-9-20)15-36-24-11-10-22(32(34)35)13-23(24)28/h3-13H,14-15H2,1-2H3,(H,29,33). The average Bonchev–Trinajstić information content (AvgIpc) is 3.10. The summed E-state index contributed by atoms with van der Waals surface area (Å²) >= 11 is 12.2. The number of carbonyl (C=O) groups is 1. The Balaban J connectivity index is 1.40. The molecule has 1 amide bonds. The molecule has 0 fully saturated rings. The second-order valence-electron chi connectivity index (χ2n) is 8.14. The van der Waals surface area contributed by atoms with E-state index in [-0.39, 0.29) is 23.2 Å². The number of hydrogen-bond acceptors (Lipinski definition) is 5. The van der Waals surface area contributed by atoms with Gasteiger partial charge in [-0.2, -0.15) is 5.10 Å².